The van der Waals surface area contributed by atoms with Gasteiger partial charge in [-0.2, -0.15) is 0 Å². The standard InChI is InChI=1S/C49H32N2S2/c1-49-37-15-5-9-20-44(37)53-47(49)23-11-22-46(49)51-39-17-7-3-13-33(39)36-29-31(25-27-41(36)51)30-24-26-40-35(28-30)32-12-2-6-16-38(32)50(40)42-18-10-21-45-48(42)34-14-4-8-19-43(34)52-45/h2-29,46H,1H3. The van der Waals surface area contributed by atoms with Gasteiger partial charge in [-0.15, -0.1) is 11.3 Å². The maximum Gasteiger partial charge on any atom is 0.0666 e. The van der Waals surface area contributed by atoms with Gasteiger partial charge in [0.25, 0.3) is 0 Å². The molecule has 10 aromatic rings. The van der Waals surface area contributed by atoms with Crippen molar-refractivity contribution in [1.82, 2.24) is 9.13 Å². The van der Waals surface area contributed by atoms with Gasteiger partial charge >= 0.3 is 0 Å². The van der Waals surface area contributed by atoms with Crippen molar-refractivity contribution in [1.29, 1.82) is 0 Å². The summed E-state index contributed by atoms with van der Waals surface area (Å²) in [4.78, 5) is 2.79. The number of thiophene rings is 1. The molecule has 0 N–H and O–H groups in total. The summed E-state index contributed by atoms with van der Waals surface area (Å²) in [6.45, 7) is 2.44. The van der Waals surface area contributed by atoms with Gasteiger partial charge in [0.1, 0.15) is 0 Å². The van der Waals surface area contributed by atoms with E-state index in [4.69, 9.17) is 0 Å². The highest BCUT2D eigenvalue weighted by Crippen LogP contribution is 2.60. The Labute approximate surface area is 314 Å². The first kappa shape index (κ1) is 29.7. The molecule has 12 rings (SSSR count). The summed E-state index contributed by atoms with van der Waals surface area (Å²) < 4.78 is 7.73. The molecule has 0 saturated carbocycles. The van der Waals surface area contributed by atoms with Crippen molar-refractivity contribution in [2.45, 2.75) is 23.3 Å². The maximum atomic E-state index is 2.60. The summed E-state index contributed by atoms with van der Waals surface area (Å²) in [6.07, 6.45) is 7.00. The molecule has 2 nitrogen and oxygen atoms in total. The molecule has 1 aliphatic heterocycles. The van der Waals surface area contributed by atoms with E-state index in [0.29, 0.717) is 0 Å². The zero-order valence-corrected chi connectivity index (χ0v) is 30.6. The van der Waals surface area contributed by atoms with Gasteiger partial charge in [0.15, 0.2) is 0 Å². The summed E-state index contributed by atoms with van der Waals surface area (Å²) >= 11 is 3.80. The second-order valence-corrected chi connectivity index (χ2v) is 16.8. The number of thioether (sulfide) groups is 1. The van der Waals surface area contributed by atoms with Crippen molar-refractivity contribution in [2.75, 3.05) is 0 Å². The van der Waals surface area contributed by atoms with Crippen LogP contribution in [0.5, 0.6) is 0 Å². The van der Waals surface area contributed by atoms with Gasteiger partial charge < -0.3 is 9.13 Å². The van der Waals surface area contributed by atoms with Crippen LogP contribution in [-0.2, 0) is 5.41 Å². The van der Waals surface area contributed by atoms with E-state index in [2.05, 4.69) is 186 Å². The number of benzene rings is 7. The first-order valence-electron chi connectivity index (χ1n) is 18.3. The van der Waals surface area contributed by atoms with Crippen LogP contribution >= 0.6 is 23.1 Å². The average molecular weight is 713 g/mol. The van der Waals surface area contributed by atoms with Gasteiger partial charge in [-0.1, -0.05) is 121 Å². The van der Waals surface area contributed by atoms with Crippen molar-refractivity contribution in [3.63, 3.8) is 0 Å². The molecule has 1 aliphatic carbocycles. The average Bonchev–Trinajstić information content (AvgIpc) is 3.93. The number of allylic oxidation sites excluding steroid dienone is 4. The predicted octanol–water partition coefficient (Wildman–Crippen LogP) is 14.0. The number of hydrogen-bond donors (Lipinski definition) is 0. The minimum atomic E-state index is -0.137. The predicted molar refractivity (Wildman–Crippen MR) is 228 cm³/mol. The molecule has 0 saturated heterocycles. The van der Waals surface area contributed by atoms with E-state index in [1.807, 2.05) is 23.1 Å². The fraction of sp³-hybridized carbons (Fsp3) is 0.0612. The fourth-order valence-electron chi connectivity index (χ4n) is 9.48. The Morgan fingerprint density at radius 3 is 2.02 bits per heavy atom. The number of aromatic nitrogens is 2. The van der Waals surface area contributed by atoms with Crippen LogP contribution in [-0.4, -0.2) is 9.13 Å². The van der Waals surface area contributed by atoms with Gasteiger partial charge in [-0.05, 0) is 84.3 Å². The van der Waals surface area contributed by atoms with Crippen LogP contribution in [0.25, 0.3) is 80.6 Å². The van der Waals surface area contributed by atoms with Crippen LogP contribution in [0, 0.1) is 0 Å². The first-order valence-corrected chi connectivity index (χ1v) is 19.9. The van der Waals surface area contributed by atoms with Gasteiger partial charge in [0, 0.05) is 68.0 Å². The molecule has 0 bridgehead atoms. The van der Waals surface area contributed by atoms with E-state index in [-0.39, 0.29) is 11.5 Å². The Hall–Kier alpha value is -5.81. The third-order valence-electron chi connectivity index (χ3n) is 11.9. The fourth-order valence-corrected chi connectivity index (χ4v) is 12.0. The molecule has 0 fully saturated rings. The molecule has 7 aromatic carbocycles. The third kappa shape index (κ3) is 4.00. The van der Waals surface area contributed by atoms with Crippen molar-refractivity contribution in [3.05, 3.63) is 180 Å². The van der Waals surface area contributed by atoms with E-state index >= 15 is 0 Å². The highest BCUT2D eigenvalue weighted by atomic mass is 32.2. The molecule has 3 aromatic heterocycles. The van der Waals surface area contributed by atoms with Crippen LogP contribution in [0.15, 0.2) is 180 Å². The van der Waals surface area contributed by atoms with Crippen molar-refractivity contribution in [3.8, 4) is 16.8 Å². The van der Waals surface area contributed by atoms with E-state index in [0.717, 1.165) is 0 Å². The minimum absolute atomic E-state index is 0.137. The Kier molecular flexibility index (Phi) is 6.09. The zero-order chi connectivity index (χ0) is 34.8. The zero-order valence-electron chi connectivity index (χ0n) is 29.0. The summed E-state index contributed by atoms with van der Waals surface area (Å²) in [6, 6.07) is 56.7. The molecule has 0 amide bonds. The number of hydrogen-bond acceptors (Lipinski definition) is 2. The Morgan fingerprint density at radius 1 is 0.547 bits per heavy atom. The maximum absolute atomic E-state index is 2.60. The molecule has 2 unspecified atom stereocenters. The van der Waals surface area contributed by atoms with Crippen LogP contribution in [0.1, 0.15) is 18.5 Å². The summed E-state index contributed by atoms with van der Waals surface area (Å²) in [5.74, 6) is 0. The smallest absolute Gasteiger partial charge is 0.0666 e. The minimum Gasteiger partial charge on any atom is -0.332 e. The molecule has 4 heteroatoms. The van der Waals surface area contributed by atoms with Crippen LogP contribution in [0.4, 0.5) is 0 Å². The molecule has 53 heavy (non-hydrogen) atoms. The first-order chi connectivity index (χ1) is 26.2. The molecule has 250 valence electrons. The van der Waals surface area contributed by atoms with E-state index in [1.165, 1.54) is 96.0 Å². The van der Waals surface area contributed by atoms with Crippen molar-refractivity contribution in [2.24, 2.45) is 0 Å². The molecule has 2 aliphatic rings. The molecular weight excluding hydrogens is 681 g/mol. The van der Waals surface area contributed by atoms with Crippen LogP contribution in [0.2, 0.25) is 0 Å². The second kappa shape index (κ2) is 10.9. The highest BCUT2D eigenvalue weighted by molar-refractivity contribution is 8.03. The Balaban J connectivity index is 1.05. The van der Waals surface area contributed by atoms with Crippen LogP contribution in [0.3, 0.4) is 0 Å². The van der Waals surface area contributed by atoms with Gasteiger partial charge in [-0.3, -0.25) is 0 Å². The number of rotatable bonds is 3. The summed E-state index contributed by atoms with van der Waals surface area (Å²) in [5, 5.41) is 7.78. The lowest BCUT2D eigenvalue weighted by Gasteiger charge is -2.38. The summed E-state index contributed by atoms with van der Waals surface area (Å²) in [7, 11) is 0. The quantitative estimate of drug-likeness (QED) is 0.177. The van der Waals surface area contributed by atoms with E-state index < -0.39 is 0 Å². The lowest BCUT2D eigenvalue weighted by atomic mass is 9.73. The van der Waals surface area contributed by atoms with Gasteiger partial charge in [0.05, 0.1) is 22.8 Å². The van der Waals surface area contributed by atoms with E-state index in [9.17, 15) is 0 Å². The topological polar surface area (TPSA) is 9.86 Å². The molecule has 4 heterocycles. The molecule has 0 radical (unpaired) electrons. The highest BCUT2D eigenvalue weighted by Gasteiger charge is 2.47. The van der Waals surface area contributed by atoms with Gasteiger partial charge in [0.2, 0.25) is 0 Å². The Morgan fingerprint density at radius 2 is 1.17 bits per heavy atom. The number of fused-ring (bicyclic) bond motifs is 12. The lowest BCUT2D eigenvalue weighted by molar-refractivity contribution is 0.425. The molecule has 2 atom stereocenters. The van der Waals surface area contributed by atoms with Crippen molar-refractivity contribution < 1.29 is 0 Å². The number of para-hydroxylation sites is 2. The van der Waals surface area contributed by atoms with E-state index in [1.54, 1.807) is 0 Å². The molecular formula is C49H32N2S2. The van der Waals surface area contributed by atoms with Crippen molar-refractivity contribution >= 4 is 86.9 Å². The molecule has 0 spiro atoms. The third-order valence-corrected chi connectivity index (χ3v) is 14.4. The second-order valence-electron chi connectivity index (χ2n) is 14.6. The largest absolute Gasteiger partial charge is 0.332 e. The van der Waals surface area contributed by atoms with Crippen LogP contribution < -0.4 is 0 Å². The lowest BCUT2D eigenvalue weighted by Crippen LogP contribution is -2.33. The Bertz CT molecular complexity index is 3240. The number of nitrogens with zero attached hydrogens (tertiary/aromatic N) is 2. The normalized spacial score (nSPS) is 18.1. The summed E-state index contributed by atoms with van der Waals surface area (Å²) in [5.41, 5.74) is 10.00. The monoisotopic (exact) mass is 712 g/mol. The van der Waals surface area contributed by atoms with Gasteiger partial charge in [-0.25, -0.2) is 0 Å². The SMILES string of the molecule is CC12C(=CC=CC1n1c3ccccc3c3cc(-c4ccc5c(c4)c4ccccc4n5-c4cccc5sc6ccccc6c45)ccc31)Sc1ccccc12.